The number of non-ortho nitro benzene ring substituents is 1. The van der Waals surface area contributed by atoms with Gasteiger partial charge in [0.1, 0.15) is 17.0 Å². The number of pyridine rings is 1. The van der Waals surface area contributed by atoms with Gasteiger partial charge in [0.05, 0.1) is 4.92 Å². The largest absolute Gasteiger partial charge is 0.353 e. The van der Waals surface area contributed by atoms with Crippen molar-refractivity contribution in [3.8, 4) is 0 Å². The maximum absolute atomic E-state index is 13.9. The number of nitro benzene ring substituents is 1. The third-order valence-electron chi connectivity index (χ3n) is 3.45. The van der Waals surface area contributed by atoms with Crippen LogP contribution in [0, 0.1) is 15.9 Å². The Hall–Kier alpha value is -2.28. The molecule has 7 heteroatoms. The van der Waals surface area contributed by atoms with Crippen molar-refractivity contribution in [1.82, 2.24) is 10.3 Å². The highest BCUT2D eigenvalue weighted by molar-refractivity contribution is 5.99. The van der Waals surface area contributed by atoms with Gasteiger partial charge in [0.15, 0.2) is 0 Å². The molecule has 1 aromatic heterocycles. The average Bonchev–Trinajstić information content (AvgIpc) is 2.48. The Bertz CT molecular complexity index is 671. The molecule has 1 aliphatic heterocycles. The molecule has 104 valence electrons. The van der Waals surface area contributed by atoms with Crippen molar-refractivity contribution in [1.29, 1.82) is 0 Å². The van der Waals surface area contributed by atoms with E-state index in [0.717, 1.165) is 19.2 Å². The zero-order valence-corrected chi connectivity index (χ0v) is 10.7. The molecule has 6 nitrogen and oxygen atoms in total. The number of hydrogen-bond acceptors (Lipinski definition) is 5. The minimum Gasteiger partial charge on any atom is -0.353 e. The van der Waals surface area contributed by atoms with E-state index < -0.39 is 10.7 Å². The molecule has 1 aromatic carbocycles. The van der Waals surface area contributed by atoms with Crippen LogP contribution < -0.4 is 10.2 Å². The highest BCUT2D eigenvalue weighted by atomic mass is 19.1. The topological polar surface area (TPSA) is 71.3 Å². The van der Waals surface area contributed by atoms with Gasteiger partial charge in [-0.3, -0.25) is 10.1 Å². The van der Waals surface area contributed by atoms with Crippen LogP contribution in [0.3, 0.4) is 0 Å². The van der Waals surface area contributed by atoms with Crippen LogP contribution in [0.1, 0.15) is 0 Å². The van der Waals surface area contributed by atoms with Gasteiger partial charge in [0.2, 0.25) is 0 Å². The molecule has 2 aromatic rings. The molecule has 1 aliphatic rings. The van der Waals surface area contributed by atoms with Gasteiger partial charge in [0, 0.05) is 43.8 Å². The lowest BCUT2D eigenvalue weighted by Crippen LogP contribution is -2.44. The van der Waals surface area contributed by atoms with Crippen molar-refractivity contribution in [3.05, 3.63) is 40.3 Å². The van der Waals surface area contributed by atoms with Crippen molar-refractivity contribution >= 4 is 22.3 Å². The zero-order chi connectivity index (χ0) is 14.1. The minimum absolute atomic E-state index is 0.108. The van der Waals surface area contributed by atoms with Gasteiger partial charge in [-0.25, -0.2) is 9.37 Å². The number of fused-ring (bicyclic) bond motifs is 1. The zero-order valence-electron chi connectivity index (χ0n) is 10.7. The normalized spacial score (nSPS) is 15.6. The molecule has 1 saturated heterocycles. The van der Waals surface area contributed by atoms with E-state index >= 15 is 0 Å². The highest BCUT2D eigenvalue weighted by Gasteiger charge is 2.23. The summed E-state index contributed by atoms with van der Waals surface area (Å²) in [6.45, 7) is 2.95. The Labute approximate surface area is 114 Å². The number of anilines is 1. The molecule has 1 fully saturated rings. The molecule has 3 rings (SSSR count). The van der Waals surface area contributed by atoms with Crippen molar-refractivity contribution in [2.75, 3.05) is 31.1 Å². The number of nitro groups is 1. The Morgan fingerprint density at radius 1 is 1.30 bits per heavy atom. The first-order valence-corrected chi connectivity index (χ1v) is 6.36. The Balaban J connectivity index is 2.25. The van der Waals surface area contributed by atoms with Crippen LogP contribution in [-0.4, -0.2) is 36.1 Å². The number of benzene rings is 1. The van der Waals surface area contributed by atoms with E-state index in [0.29, 0.717) is 18.9 Å². The molecule has 0 saturated carbocycles. The SMILES string of the molecule is O=[N+]([O-])c1ccc(F)c2ccnc(N3CCNCC3)c12. The Morgan fingerprint density at radius 3 is 2.75 bits per heavy atom. The minimum atomic E-state index is -0.491. The monoisotopic (exact) mass is 276 g/mol. The van der Waals surface area contributed by atoms with E-state index in [1.54, 1.807) is 0 Å². The summed E-state index contributed by atoms with van der Waals surface area (Å²) in [6.07, 6.45) is 1.49. The summed E-state index contributed by atoms with van der Waals surface area (Å²) in [4.78, 5) is 16.9. The quantitative estimate of drug-likeness (QED) is 0.667. The van der Waals surface area contributed by atoms with Gasteiger partial charge < -0.3 is 10.2 Å². The van der Waals surface area contributed by atoms with Crippen molar-refractivity contribution in [2.24, 2.45) is 0 Å². The first-order valence-electron chi connectivity index (χ1n) is 6.36. The van der Waals surface area contributed by atoms with Crippen molar-refractivity contribution in [2.45, 2.75) is 0 Å². The average molecular weight is 276 g/mol. The fraction of sp³-hybridized carbons (Fsp3) is 0.308. The molecule has 0 unspecified atom stereocenters. The second-order valence-electron chi connectivity index (χ2n) is 4.62. The molecular weight excluding hydrogens is 263 g/mol. The van der Waals surface area contributed by atoms with E-state index in [1.807, 2.05) is 4.90 Å². The molecule has 20 heavy (non-hydrogen) atoms. The van der Waals surface area contributed by atoms with Gasteiger partial charge in [-0.15, -0.1) is 0 Å². The second kappa shape index (κ2) is 5.01. The molecule has 0 aliphatic carbocycles. The Morgan fingerprint density at radius 2 is 2.05 bits per heavy atom. The van der Waals surface area contributed by atoms with E-state index in [2.05, 4.69) is 10.3 Å². The summed E-state index contributed by atoms with van der Waals surface area (Å²) in [5.41, 5.74) is -0.108. The van der Waals surface area contributed by atoms with E-state index in [9.17, 15) is 14.5 Å². The molecule has 0 amide bonds. The number of piperazine rings is 1. The third kappa shape index (κ3) is 2.05. The number of nitrogens with one attached hydrogen (secondary N) is 1. The first-order chi connectivity index (χ1) is 9.68. The second-order valence-corrected chi connectivity index (χ2v) is 4.62. The lowest BCUT2D eigenvalue weighted by Gasteiger charge is -2.29. The fourth-order valence-corrected chi connectivity index (χ4v) is 2.50. The van der Waals surface area contributed by atoms with Crippen LogP contribution in [-0.2, 0) is 0 Å². The van der Waals surface area contributed by atoms with Gasteiger partial charge in [0.25, 0.3) is 5.69 Å². The summed E-state index contributed by atoms with van der Waals surface area (Å²) in [5, 5.41) is 14.9. The summed E-state index contributed by atoms with van der Waals surface area (Å²) in [6, 6.07) is 3.80. The highest BCUT2D eigenvalue weighted by Crippen LogP contribution is 2.34. The van der Waals surface area contributed by atoms with Crippen LogP contribution in [0.15, 0.2) is 24.4 Å². The van der Waals surface area contributed by atoms with Gasteiger partial charge >= 0.3 is 0 Å². The van der Waals surface area contributed by atoms with Crippen LogP contribution in [0.5, 0.6) is 0 Å². The van der Waals surface area contributed by atoms with Crippen LogP contribution in [0.25, 0.3) is 10.8 Å². The summed E-state index contributed by atoms with van der Waals surface area (Å²) >= 11 is 0. The predicted octanol–water partition coefficient (Wildman–Crippen LogP) is 1.69. The number of halogens is 1. The van der Waals surface area contributed by atoms with Crippen LogP contribution in [0.2, 0.25) is 0 Å². The summed E-state index contributed by atoms with van der Waals surface area (Å²) in [5.74, 6) is 0.0135. The predicted molar refractivity (Wildman–Crippen MR) is 73.4 cm³/mol. The fourth-order valence-electron chi connectivity index (χ4n) is 2.50. The van der Waals surface area contributed by atoms with E-state index in [-0.39, 0.29) is 16.5 Å². The smallest absolute Gasteiger partial charge is 0.281 e. The maximum atomic E-state index is 13.9. The lowest BCUT2D eigenvalue weighted by atomic mass is 10.1. The maximum Gasteiger partial charge on any atom is 0.281 e. The van der Waals surface area contributed by atoms with Crippen molar-refractivity contribution < 1.29 is 9.31 Å². The van der Waals surface area contributed by atoms with Crippen LogP contribution >= 0.6 is 0 Å². The van der Waals surface area contributed by atoms with Gasteiger partial charge in [-0.1, -0.05) is 0 Å². The molecule has 1 N–H and O–H groups in total. The van der Waals surface area contributed by atoms with E-state index in [4.69, 9.17) is 0 Å². The third-order valence-corrected chi connectivity index (χ3v) is 3.45. The first kappa shape index (κ1) is 12.7. The van der Waals surface area contributed by atoms with Gasteiger partial charge in [-0.05, 0) is 12.1 Å². The summed E-state index contributed by atoms with van der Waals surface area (Å²) < 4.78 is 13.9. The molecular formula is C13H13FN4O2. The lowest BCUT2D eigenvalue weighted by molar-refractivity contribution is -0.383. The molecule has 0 atom stereocenters. The number of nitrogens with zero attached hydrogens (tertiary/aromatic N) is 3. The number of rotatable bonds is 2. The summed E-state index contributed by atoms with van der Waals surface area (Å²) in [7, 11) is 0. The Kier molecular flexibility index (Phi) is 3.19. The van der Waals surface area contributed by atoms with Gasteiger partial charge in [-0.2, -0.15) is 0 Å². The standard InChI is InChI=1S/C13H13FN4O2/c14-10-1-2-11(18(19)20)12-9(10)3-4-16-13(12)17-7-5-15-6-8-17/h1-4,15H,5-8H2. The number of hydrogen-bond donors (Lipinski definition) is 1. The van der Waals surface area contributed by atoms with Crippen molar-refractivity contribution in [3.63, 3.8) is 0 Å². The molecule has 0 radical (unpaired) electrons. The number of aromatic nitrogens is 1. The van der Waals surface area contributed by atoms with E-state index in [1.165, 1.54) is 18.3 Å². The van der Waals surface area contributed by atoms with Crippen LogP contribution in [0.4, 0.5) is 15.9 Å². The molecule has 0 spiro atoms. The molecule has 2 heterocycles. The molecule has 0 bridgehead atoms.